The highest BCUT2D eigenvalue weighted by Gasteiger charge is 2.34. The molecule has 0 aliphatic carbocycles. The number of rotatable bonds is 4. The number of hydrogen-bond donors (Lipinski definition) is 1. The summed E-state index contributed by atoms with van der Waals surface area (Å²) >= 11 is 0. The van der Waals surface area contributed by atoms with Crippen LogP contribution in [-0.2, 0) is 13.0 Å². The van der Waals surface area contributed by atoms with Crippen LogP contribution < -0.4 is 10.2 Å². The first-order valence-electron chi connectivity index (χ1n) is 10.5. The fourth-order valence-corrected chi connectivity index (χ4v) is 4.24. The average molecular weight is 403 g/mol. The molecule has 8 nitrogen and oxygen atoms in total. The van der Waals surface area contributed by atoms with Crippen LogP contribution in [0.25, 0.3) is 0 Å². The first-order chi connectivity index (χ1) is 14.7. The van der Waals surface area contributed by atoms with E-state index in [2.05, 4.69) is 32.3 Å². The Hall–Kier alpha value is -3.42. The van der Waals surface area contributed by atoms with Crippen LogP contribution in [0, 0.1) is 0 Å². The summed E-state index contributed by atoms with van der Waals surface area (Å²) < 4.78 is 1.96. The van der Waals surface area contributed by atoms with Gasteiger partial charge in [-0.05, 0) is 18.1 Å². The van der Waals surface area contributed by atoms with Crippen molar-refractivity contribution in [1.82, 2.24) is 24.6 Å². The molecule has 0 saturated carbocycles. The van der Waals surface area contributed by atoms with Crippen molar-refractivity contribution >= 4 is 17.7 Å². The Labute approximate surface area is 175 Å². The number of nitrogens with one attached hydrogen (secondary N) is 1. The molecule has 1 atom stereocenters. The molecule has 1 amide bonds. The van der Waals surface area contributed by atoms with Crippen molar-refractivity contribution in [3.05, 3.63) is 65.6 Å². The summed E-state index contributed by atoms with van der Waals surface area (Å²) in [4.78, 5) is 26.2. The van der Waals surface area contributed by atoms with Gasteiger partial charge in [0.25, 0.3) is 5.91 Å². The molecular weight excluding hydrogens is 378 g/mol. The number of amides is 1. The third-order valence-electron chi connectivity index (χ3n) is 5.84. The molecule has 2 aromatic heterocycles. The summed E-state index contributed by atoms with van der Waals surface area (Å²) in [7, 11) is 0. The van der Waals surface area contributed by atoms with Crippen LogP contribution >= 0.6 is 0 Å². The third-order valence-corrected chi connectivity index (χ3v) is 5.84. The molecular formula is C22H25N7O. The molecule has 0 spiro atoms. The highest BCUT2D eigenvalue weighted by atomic mass is 16.2. The van der Waals surface area contributed by atoms with Gasteiger partial charge in [0.1, 0.15) is 11.4 Å². The van der Waals surface area contributed by atoms with E-state index in [-0.39, 0.29) is 11.9 Å². The summed E-state index contributed by atoms with van der Waals surface area (Å²) in [6.07, 6.45) is 4.23. The van der Waals surface area contributed by atoms with Crippen LogP contribution in [0.2, 0.25) is 0 Å². The van der Waals surface area contributed by atoms with Crippen molar-refractivity contribution in [2.75, 3.05) is 36.4 Å². The first-order valence-corrected chi connectivity index (χ1v) is 10.5. The number of carbonyl (C=O) groups is 1. The Morgan fingerprint density at radius 2 is 1.80 bits per heavy atom. The van der Waals surface area contributed by atoms with Gasteiger partial charge in [0.05, 0.1) is 18.3 Å². The first kappa shape index (κ1) is 18.6. The van der Waals surface area contributed by atoms with Gasteiger partial charge < -0.3 is 15.1 Å². The van der Waals surface area contributed by atoms with Crippen LogP contribution in [-0.4, -0.2) is 56.7 Å². The van der Waals surface area contributed by atoms with E-state index in [0.717, 1.165) is 49.1 Å². The molecule has 2 aliphatic rings. The van der Waals surface area contributed by atoms with Crippen LogP contribution in [0.4, 0.5) is 11.8 Å². The maximum absolute atomic E-state index is 13.5. The number of fused-ring (bicyclic) bond motifs is 1. The van der Waals surface area contributed by atoms with E-state index in [1.54, 1.807) is 12.4 Å². The van der Waals surface area contributed by atoms with Gasteiger partial charge in [-0.15, -0.1) is 0 Å². The van der Waals surface area contributed by atoms with E-state index in [1.165, 1.54) is 5.56 Å². The number of hydrogen-bond acceptors (Lipinski definition) is 6. The molecule has 154 valence electrons. The highest BCUT2D eigenvalue weighted by molar-refractivity contribution is 6.00. The van der Waals surface area contributed by atoms with Crippen molar-refractivity contribution in [1.29, 1.82) is 0 Å². The minimum Gasteiger partial charge on any atom is -0.361 e. The summed E-state index contributed by atoms with van der Waals surface area (Å²) in [5.74, 6) is 1.63. The van der Waals surface area contributed by atoms with Crippen molar-refractivity contribution in [2.24, 2.45) is 0 Å². The number of carbonyl (C=O) groups excluding carboxylic acids is 1. The third kappa shape index (κ3) is 3.28. The molecule has 1 saturated heterocycles. The zero-order valence-electron chi connectivity index (χ0n) is 17.0. The average Bonchev–Trinajstić information content (AvgIpc) is 3.38. The molecule has 0 bridgehead atoms. The SMILES string of the molecule is CCc1nn2c(c1C(=O)N1CCN(c3ncccn3)CC1)N[C@@H](c1ccccc1)C2. The highest BCUT2D eigenvalue weighted by Crippen LogP contribution is 2.34. The van der Waals surface area contributed by atoms with Crippen LogP contribution in [0.3, 0.4) is 0 Å². The summed E-state index contributed by atoms with van der Waals surface area (Å²) in [6, 6.07) is 12.3. The lowest BCUT2D eigenvalue weighted by Crippen LogP contribution is -2.49. The van der Waals surface area contributed by atoms with Crippen LogP contribution in [0.5, 0.6) is 0 Å². The predicted octanol–water partition coefficient (Wildman–Crippen LogP) is 2.36. The second kappa shape index (κ2) is 7.78. The molecule has 0 unspecified atom stereocenters. The minimum absolute atomic E-state index is 0.0583. The fraction of sp³-hybridized carbons (Fsp3) is 0.364. The fourth-order valence-electron chi connectivity index (χ4n) is 4.24. The topological polar surface area (TPSA) is 79.2 Å². The Balaban J connectivity index is 1.33. The molecule has 1 fully saturated rings. The number of anilines is 2. The van der Waals surface area contributed by atoms with E-state index in [0.29, 0.717) is 13.1 Å². The van der Waals surface area contributed by atoms with Crippen LogP contribution in [0.1, 0.15) is 34.6 Å². The second-order valence-electron chi connectivity index (χ2n) is 7.64. The van der Waals surface area contributed by atoms with Gasteiger partial charge in [0.15, 0.2) is 0 Å². The predicted molar refractivity (Wildman–Crippen MR) is 115 cm³/mol. The Bertz CT molecular complexity index is 1030. The lowest BCUT2D eigenvalue weighted by Gasteiger charge is -2.34. The number of benzene rings is 1. The number of aromatic nitrogens is 4. The van der Waals surface area contributed by atoms with Crippen molar-refractivity contribution in [3.8, 4) is 0 Å². The molecule has 1 aromatic carbocycles. The number of piperazine rings is 1. The Morgan fingerprint density at radius 3 is 2.50 bits per heavy atom. The van der Waals surface area contributed by atoms with Gasteiger partial charge in [-0.1, -0.05) is 37.3 Å². The van der Waals surface area contributed by atoms with Crippen LogP contribution in [0.15, 0.2) is 48.8 Å². The largest absolute Gasteiger partial charge is 0.361 e. The van der Waals surface area contributed by atoms with E-state index in [1.807, 2.05) is 40.8 Å². The molecule has 30 heavy (non-hydrogen) atoms. The lowest BCUT2D eigenvalue weighted by molar-refractivity contribution is 0.0746. The summed E-state index contributed by atoms with van der Waals surface area (Å²) in [5, 5.41) is 8.29. The van der Waals surface area contributed by atoms with E-state index >= 15 is 0 Å². The number of nitrogens with zero attached hydrogens (tertiary/aromatic N) is 6. The van der Waals surface area contributed by atoms with Gasteiger partial charge in [-0.25, -0.2) is 14.6 Å². The normalized spacial score (nSPS) is 18.2. The maximum Gasteiger partial charge on any atom is 0.259 e. The van der Waals surface area contributed by atoms with Crippen molar-refractivity contribution in [3.63, 3.8) is 0 Å². The van der Waals surface area contributed by atoms with E-state index in [9.17, 15) is 4.79 Å². The zero-order valence-corrected chi connectivity index (χ0v) is 17.0. The summed E-state index contributed by atoms with van der Waals surface area (Å²) in [5.41, 5.74) is 2.79. The molecule has 2 aliphatic heterocycles. The van der Waals surface area contributed by atoms with Gasteiger partial charge in [-0.3, -0.25) is 4.79 Å². The second-order valence-corrected chi connectivity index (χ2v) is 7.64. The molecule has 8 heteroatoms. The molecule has 4 heterocycles. The number of aryl methyl sites for hydroxylation is 1. The summed E-state index contributed by atoms with van der Waals surface area (Å²) in [6.45, 7) is 5.52. The quantitative estimate of drug-likeness (QED) is 0.721. The molecule has 1 N–H and O–H groups in total. The molecule has 0 radical (unpaired) electrons. The zero-order chi connectivity index (χ0) is 20.5. The standard InChI is InChI=1S/C22H25N7O/c1-2-17-19(20-25-18(15-29(20)26-17)16-7-4-3-5-8-16)21(30)27-11-13-28(14-12-27)22-23-9-6-10-24-22/h3-10,18,25H,2,11-15H2,1H3/t18-/m1/s1. The van der Waals surface area contributed by atoms with Gasteiger partial charge >= 0.3 is 0 Å². The maximum atomic E-state index is 13.5. The van der Waals surface area contributed by atoms with Crippen molar-refractivity contribution in [2.45, 2.75) is 25.9 Å². The van der Waals surface area contributed by atoms with Gasteiger partial charge in [-0.2, -0.15) is 5.10 Å². The monoisotopic (exact) mass is 403 g/mol. The lowest BCUT2D eigenvalue weighted by atomic mass is 10.1. The Morgan fingerprint density at radius 1 is 1.07 bits per heavy atom. The molecule has 3 aromatic rings. The molecule has 5 rings (SSSR count). The van der Waals surface area contributed by atoms with Gasteiger partial charge in [0.2, 0.25) is 5.95 Å². The van der Waals surface area contributed by atoms with E-state index < -0.39 is 0 Å². The van der Waals surface area contributed by atoms with Crippen molar-refractivity contribution < 1.29 is 4.79 Å². The Kier molecular flexibility index (Phi) is 4.82. The van der Waals surface area contributed by atoms with Gasteiger partial charge in [0, 0.05) is 38.6 Å². The minimum atomic E-state index is 0.0583. The smallest absolute Gasteiger partial charge is 0.259 e. The van der Waals surface area contributed by atoms with E-state index in [4.69, 9.17) is 5.10 Å².